The molecule has 2 aliphatic rings. The van der Waals surface area contributed by atoms with Crippen LogP contribution in [0.15, 0.2) is 48.5 Å². The summed E-state index contributed by atoms with van der Waals surface area (Å²) < 4.78 is 0. The van der Waals surface area contributed by atoms with Gasteiger partial charge in [0.25, 0.3) is 11.4 Å². The highest BCUT2D eigenvalue weighted by Gasteiger charge is 2.40. The zero-order chi connectivity index (χ0) is 17.6. The largest absolute Gasteiger partial charge is 0.287 e. The van der Waals surface area contributed by atoms with Crippen LogP contribution in [0.5, 0.6) is 0 Å². The van der Waals surface area contributed by atoms with Crippen molar-refractivity contribution in [2.24, 2.45) is 0 Å². The summed E-state index contributed by atoms with van der Waals surface area (Å²) in [5, 5.41) is 29.8. The van der Waals surface area contributed by atoms with E-state index >= 15 is 0 Å². The Labute approximate surface area is 142 Å². The first kappa shape index (κ1) is 15.3. The molecule has 2 aromatic carbocycles. The molecule has 0 aromatic heterocycles. The van der Waals surface area contributed by atoms with Gasteiger partial charge in [0.15, 0.2) is 0 Å². The molecule has 2 aliphatic heterocycles. The summed E-state index contributed by atoms with van der Waals surface area (Å²) in [6.45, 7) is 1.90. The molecule has 2 atom stereocenters. The van der Waals surface area contributed by atoms with Gasteiger partial charge in [-0.05, 0) is 24.3 Å². The minimum Gasteiger partial charge on any atom is -0.287 e. The number of nitrogens with zero attached hydrogens (tertiary/aromatic N) is 6. The standard InChI is InChI=1S/C15H14N6O4/c22-20(23)14-5-1-12(2-6-14)18-10-17-9-16(18)11-19(17)13-3-7-15(8-4-13)21(24)25/h1-8H,9-11H2. The van der Waals surface area contributed by atoms with Gasteiger partial charge < -0.3 is 0 Å². The SMILES string of the molecule is O=[N+]([O-])c1ccc(N2CN3CN2CN3c2ccc([N+](=O)[O-])cc2)cc1. The van der Waals surface area contributed by atoms with Crippen molar-refractivity contribution in [2.75, 3.05) is 30.0 Å². The maximum atomic E-state index is 10.8. The number of anilines is 2. The molecule has 2 aromatic rings. The third-order valence-corrected chi connectivity index (χ3v) is 4.32. The van der Waals surface area contributed by atoms with Crippen molar-refractivity contribution >= 4 is 22.7 Å². The molecular formula is C15H14N6O4. The highest BCUT2D eigenvalue weighted by atomic mass is 16.6. The van der Waals surface area contributed by atoms with Crippen molar-refractivity contribution in [3.63, 3.8) is 0 Å². The van der Waals surface area contributed by atoms with Crippen LogP contribution in [0.4, 0.5) is 22.7 Å². The van der Waals surface area contributed by atoms with Crippen LogP contribution in [0.3, 0.4) is 0 Å². The van der Waals surface area contributed by atoms with E-state index in [1.807, 2.05) is 10.0 Å². The first-order valence-electron chi connectivity index (χ1n) is 7.56. The summed E-state index contributed by atoms with van der Waals surface area (Å²) in [4.78, 5) is 20.7. The Morgan fingerprint density at radius 2 is 1.00 bits per heavy atom. The number of rotatable bonds is 4. The fourth-order valence-corrected chi connectivity index (χ4v) is 3.05. The van der Waals surface area contributed by atoms with Crippen molar-refractivity contribution in [1.29, 1.82) is 0 Å². The van der Waals surface area contributed by atoms with Crippen LogP contribution in [0.2, 0.25) is 0 Å². The number of nitro groups is 2. The molecule has 0 aliphatic carbocycles. The topological polar surface area (TPSA) is 99.2 Å². The van der Waals surface area contributed by atoms with Crippen molar-refractivity contribution < 1.29 is 9.85 Å². The third kappa shape index (κ3) is 2.62. The first-order chi connectivity index (χ1) is 12.0. The van der Waals surface area contributed by atoms with Crippen LogP contribution in [-0.2, 0) is 0 Å². The summed E-state index contributed by atoms with van der Waals surface area (Å²) >= 11 is 0. The molecule has 2 saturated heterocycles. The molecule has 0 saturated carbocycles. The number of non-ortho nitro benzene ring substituents is 2. The van der Waals surface area contributed by atoms with Gasteiger partial charge in [-0.25, -0.2) is 0 Å². The van der Waals surface area contributed by atoms with E-state index < -0.39 is 9.85 Å². The second-order valence-electron chi connectivity index (χ2n) is 5.78. The van der Waals surface area contributed by atoms with Crippen molar-refractivity contribution in [3.8, 4) is 0 Å². The first-order valence-corrected chi connectivity index (χ1v) is 7.56. The molecule has 2 heterocycles. The van der Waals surface area contributed by atoms with Gasteiger partial charge >= 0.3 is 0 Å². The number of hydrazine groups is 2. The molecule has 10 heteroatoms. The highest BCUT2D eigenvalue weighted by Crippen LogP contribution is 2.33. The lowest BCUT2D eigenvalue weighted by molar-refractivity contribution is -0.385. The summed E-state index contributed by atoms with van der Waals surface area (Å²) in [5.74, 6) is 0. The fourth-order valence-electron chi connectivity index (χ4n) is 3.05. The number of benzene rings is 2. The van der Waals surface area contributed by atoms with Crippen LogP contribution in [0.1, 0.15) is 0 Å². The van der Waals surface area contributed by atoms with E-state index in [0.717, 1.165) is 11.4 Å². The monoisotopic (exact) mass is 342 g/mol. The Kier molecular flexibility index (Phi) is 3.48. The number of hydrogen-bond donors (Lipinski definition) is 0. The van der Waals surface area contributed by atoms with Gasteiger partial charge in [0.1, 0.15) is 13.3 Å². The van der Waals surface area contributed by atoms with Crippen molar-refractivity contribution in [2.45, 2.75) is 0 Å². The van der Waals surface area contributed by atoms with E-state index in [2.05, 4.69) is 10.0 Å². The molecule has 0 radical (unpaired) electrons. The number of fused-ring (bicyclic) bond motifs is 2. The van der Waals surface area contributed by atoms with E-state index in [4.69, 9.17) is 0 Å². The Bertz CT molecular complexity index is 755. The minimum atomic E-state index is -0.417. The number of nitro benzene ring substituents is 2. The van der Waals surface area contributed by atoms with Crippen LogP contribution in [-0.4, -0.2) is 39.9 Å². The molecule has 2 unspecified atom stereocenters. The zero-order valence-corrected chi connectivity index (χ0v) is 13.1. The Morgan fingerprint density at radius 3 is 1.28 bits per heavy atom. The van der Waals surface area contributed by atoms with E-state index in [-0.39, 0.29) is 11.4 Å². The van der Waals surface area contributed by atoms with Crippen LogP contribution in [0.25, 0.3) is 0 Å². The van der Waals surface area contributed by atoms with E-state index in [1.54, 1.807) is 24.3 Å². The summed E-state index contributed by atoms with van der Waals surface area (Å²) in [5.41, 5.74) is 1.90. The van der Waals surface area contributed by atoms with Gasteiger partial charge in [0.05, 0.1) is 27.9 Å². The highest BCUT2D eigenvalue weighted by molar-refractivity contribution is 5.54. The number of hydrogen-bond acceptors (Lipinski definition) is 8. The lowest BCUT2D eigenvalue weighted by Crippen LogP contribution is -2.49. The summed E-state index contributed by atoms with van der Waals surface area (Å²) in [6, 6.07) is 12.9. The third-order valence-electron chi connectivity index (χ3n) is 4.32. The van der Waals surface area contributed by atoms with E-state index in [1.165, 1.54) is 24.3 Å². The van der Waals surface area contributed by atoms with E-state index in [9.17, 15) is 20.2 Å². The van der Waals surface area contributed by atoms with Gasteiger partial charge in [-0.1, -0.05) is 0 Å². The molecule has 4 rings (SSSR count). The van der Waals surface area contributed by atoms with Gasteiger partial charge in [0.2, 0.25) is 0 Å². The average molecular weight is 342 g/mol. The van der Waals surface area contributed by atoms with Gasteiger partial charge in [0, 0.05) is 24.3 Å². The quantitative estimate of drug-likeness (QED) is 0.615. The normalized spacial score (nSPS) is 21.6. The lowest BCUT2D eigenvalue weighted by Gasteiger charge is -2.37. The van der Waals surface area contributed by atoms with E-state index in [0.29, 0.717) is 20.0 Å². The maximum absolute atomic E-state index is 10.8. The van der Waals surface area contributed by atoms with Crippen molar-refractivity contribution in [3.05, 3.63) is 68.8 Å². The molecule has 2 bridgehead atoms. The molecule has 0 amide bonds. The lowest BCUT2D eigenvalue weighted by atomic mass is 10.2. The Hall–Kier alpha value is -3.24. The molecule has 25 heavy (non-hydrogen) atoms. The van der Waals surface area contributed by atoms with Crippen molar-refractivity contribution in [1.82, 2.24) is 10.0 Å². The smallest absolute Gasteiger partial charge is 0.269 e. The minimum absolute atomic E-state index is 0.0657. The predicted octanol–water partition coefficient (Wildman–Crippen LogP) is 2.15. The van der Waals surface area contributed by atoms with Gasteiger partial charge in [-0.2, -0.15) is 10.0 Å². The second-order valence-corrected chi connectivity index (χ2v) is 5.78. The second kappa shape index (κ2) is 5.69. The van der Waals surface area contributed by atoms with Crippen LogP contribution < -0.4 is 10.0 Å². The molecule has 128 valence electrons. The maximum Gasteiger partial charge on any atom is 0.269 e. The molecule has 0 N–H and O–H groups in total. The average Bonchev–Trinajstić information content (AvgIpc) is 3.22. The molecule has 0 spiro atoms. The molecular weight excluding hydrogens is 328 g/mol. The molecule has 10 nitrogen and oxygen atoms in total. The van der Waals surface area contributed by atoms with Crippen LogP contribution in [0, 0.1) is 20.2 Å². The zero-order valence-electron chi connectivity index (χ0n) is 13.1. The van der Waals surface area contributed by atoms with Gasteiger partial charge in [-0.15, -0.1) is 0 Å². The predicted molar refractivity (Wildman–Crippen MR) is 89.4 cm³/mol. The summed E-state index contributed by atoms with van der Waals surface area (Å²) in [6.07, 6.45) is 0. The Morgan fingerprint density at radius 1 is 0.640 bits per heavy atom. The fraction of sp³-hybridized carbons (Fsp3) is 0.200. The Balaban J connectivity index is 1.48. The van der Waals surface area contributed by atoms with Crippen LogP contribution >= 0.6 is 0 Å². The molecule has 2 fully saturated rings. The van der Waals surface area contributed by atoms with Gasteiger partial charge in [-0.3, -0.25) is 30.2 Å². The summed E-state index contributed by atoms with van der Waals surface area (Å²) in [7, 11) is 0.